The van der Waals surface area contributed by atoms with E-state index in [1.54, 1.807) is 35.8 Å². The van der Waals surface area contributed by atoms with E-state index in [4.69, 9.17) is 16.7 Å². The number of hydrogen-bond donors (Lipinski definition) is 2. The number of nitrogens with one attached hydrogen (secondary N) is 1. The fourth-order valence-corrected chi connectivity index (χ4v) is 2.95. The number of carboxylic acid groups (broad SMARTS) is 1. The van der Waals surface area contributed by atoms with Gasteiger partial charge in [0.15, 0.2) is 11.0 Å². The van der Waals surface area contributed by atoms with Crippen LogP contribution in [0.3, 0.4) is 0 Å². The van der Waals surface area contributed by atoms with E-state index < -0.39 is 5.97 Å². The zero-order chi connectivity index (χ0) is 17.7. The molecule has 0 aliphatic carbocycles. The topological polar surface area (TPSA) is 97.1 Å². The zero-order valence-corrected chi connectivity index (χ0v) is 14.8. The van der Waals surface area contributed by atoms with Crippen molar-refractivity contribution >= 4 is 35.2 Å². The number of aromatic nitrogens is 3. The smallest absolute Gasteiger partial charge is 0.313 e. The van der Waals surface area contributed by atoms with Crippen LogP contribution in [0, 0.1) is 0 Å². The summed E-state index contributed by atoms with van der Waals surface area (Å²) in [5.74, 6) is -0.683. The summed E-state index contributed by atoms with van der Waals surface area (Å²) >= 11 is 6.91. The molecule has 1 amide bonds. The van der Waals surface area contributed by atoms with Crippen LogP contribution in [-0.4, -0.2) is 37.5 Å². The molecule has 0 radical (unpaired) electrons. The molecule has 0 saturated carbocycles. The minimum absolute atomic E-state index is 0.0936. The molecule has 1 aromatic carbocycles. The highest BCUT2D eigenvalue weighted by molar-refractivity contribution is 7.99. The summed E-state index contributed by atoms with van der Waals surface area (Å²) in [7, 11) is 0. The summed E-state index contributed by atoms with van der Waals surface area (Å²) in [4.78, 5) is 23.0. The van der Waals surface area contributed by atoms with Crippen molar-refractivity contribution in [3.05, 3.63) is 40.7 Å². The number of hydrogen-bond acceptors (Lipinski definition) is 5. The van der Waals surface area contributed by atoms with E-state index in [9.17, 15) is 9.59 Å². The summed E-state index contributed by atoms with van der Waals surface area (Å²) in [6.07, 6.45) is 0. The molecule has 9 heteroatoms. The molecule has 1 atom stereocenters. The van der Waals surface area contributed by atoms with Gasteiger partial charge < -0.3 is 15.0 Å². The number of thioether (sulfide) groups is 1. The average molecular weight is 369 g/mol. The molecule has 0 bridgehead atoms. The molecule has 0 unspecified atom stereocenters. The number of amides is 1. The van der Waals surface area contributed by atoms with Crippen LogP contribution in [0.1, 0.15) is 36.1 Å². The first-order valence-electron chi connectivity index (χ1n) is 7.26. The van der Waals surface area contributed by atoms with E-state index in [-0.39, 0.29) is 17.7 Å². The molecule has 0 aliphatic rings. The lowest BCUT2D eigenvalue weighted by Gasteiger charge is -2.15. The number of benzene rings is 1. The highest BCUT2D eigenvalue weighted by atomic mass is 35.5. The number of carbonyl (C=O) groups excluding carboxylic acids is 1. The zero-order valence-electron chi connectivity index (χ0n) is 13.2. The van der Waals surface area contributed by atoms with Crippen LogP contribution in [0.4, 0.5) is 0 Å². The van der Waals surface area contributed by atoms with E-state index in [0.717, 1.165) is 11.8 Å². The Kier molecular flexibility index (Phi) is 6.22. The van der Waals surface area contributed by atoms with Gasteiger partial charge in [-0.3, -0.25) is 9.59 Å². The molecular formula is C15H17ClN4O3S. The Balaban J connectivity index is 2.11. The number of carbonyl (C=O) groups is 2. The predicted molar refractivity (Wildman–Crippen MR) is 91.4 cm³/mol. The number of nitrogens with zero attached hydrogens (tertiary/aromatic N) is 3. The van der Waals surface area contributed by atoms with E-state index in [2.05, 4.69) is 15.5 Å². The molecule has 128 valence electrons. The summed E-state index contributed by atoms with van der Waals surface area (Å²) in [6.45, 7) is 4.28. The van der Waals surface area contributed by atoms with Crippen molar-refractivity contribution in [3.63, 3.8) is 0 Å². The third-order valence-corrected chi connectivity index (χ3v) is 4.43. The van der Waals surface area contributed by atoms with Crippen molar-refractivity contribution in [2.45, 2.75) is 31.6 Å². The van der Waals surface area contributed by atoms with Gasteiger partial charge in [-0.1, -0.05) is 23.4 Å². The van der Waals surface area contributed by atoms with E-state index >= 15 is 0 Å². The summed E-state index contributed by atoms with van der Waals surface area (Å²) in [5, 5.41) is 20.8. The number of aliphatic carboxylic acids is 1. The Morgan fingerprint density at radius 2 is 2.00 bits per heavy atom. The van der Waals surface area contributed by atoms with Crippen molar-refractivity contribution < 1.29 is 14.7 Å². The van der Waals surface area contributed by atoms with Crippen molar-refractivity contribution in [1.29, 1.82) is 0 Å². The summed E-state index contributed by atoms with van der Waals surface area (Å²) < 4.78 is 1.79. The van der Waals surface area contributed by atoms with Gasteiger partial charge in [-0.25, -0.2) is 0 Å². The standard InChI is InChI=1S/C15H17ClN4O3S/c1-3-20-13(18-19-15(20)24-8-12(21)22)9(2)17-14(23)10-4-6-11(16)7-5-10/h4-7,9H,3,8H2,1-2H3,(H,17,23)(H,21,22)/t9-/m1/s1. The van der Waals surface area contributed by atoms with Gasteiger partial charge in [0.25, 0.3) is 5.91 Å². The second kappa shape index (κ2) is 8.16. The molecule has 0 spiro atoms. The van der Waals surface area contributed by atoms with Crippen LogP contribution in [-0.2, 0) is 11.3 Å². The Morgan fingerprint density at radius 1 is 1.33 bits per heavy atom. The SMILES string of the molecule is CCn1c(SCC(=O)O)nnc1[C@@H](C)NC(=O)c1ccc(Cl)cc1. The molecule has 0 saturated heterocycles. The fraction of sp³-hybridized carbons (Fsp3) is 0.333. The van der Waals surface area contributed by atoms with Gasteiger partial charge in [-0.05, 0) is 38.1 Å². The minimum Gasteiger partial charge on any atom is -0.481 e. The molecule has 1 aromatic heterocycles. The van der Waals surface area contributed by atoms with Crippen molar-refractivity contribution in [1.82, 2.24) is 20.1 Å². The van der Waals surface area contributed by atoms with Gasteiger partial charge in [-0.15, -0.1) is 10.2 Å². The quantitative estimate of drug-likeness (QED) is 0.729. The minimum atomic E-state index is -0.920. The van der Waals surface area contributed by atoms with Gasteiger partial charge in [0.1, 0.15) is 0 Å². The molecule has 24 heavy (non-hydrogen) atoms. The maximum atomic E-state index is 12.3. The molecule has 0 fully saturated rings. The van der Waals surface area contributed by atoms with Gasteiger partial charge in [0.05, 0.1) is 11.8 Å². The van der Waals surface area contributed by atoms with E-state index in [0.29, 0.717) is 28.1 Å². The Labute approximate surface area is 148 Å². The Bertz CT molecular complexity index is 733. The molecule has 1 heterocycles. The Hall–Kier alpha value is -2.06. The monoisotopic (exact) mass is 368 g/mol. The molecule has 2 rings (SSSR count). The maximum absolute atomic E-state index is 12.3. The van der Waals surface area contributed by atoms with Crippen LogP contribution < -0.4 is 5.32 Å². The third kappa shape index (κ3) is 4.48. The average Bonchev–Trinajstić information content (AvgIpc) is 2.96. The Morgan fingerprint density at radius 3 is 2.58 bits per heavy atom. The second-order valence-electron chi connectivity index (χ2n) is 4.97. The van der Waals surface area contributed by atoms with Gasteiger partial charge in [0, 0.05) is 17.1 Å². The first-order valence-corrected chi connectivity index (χ1v) is 8.62. The van der Waals surface area contributed by atoms with E-state index in [1.165, 1.54) is 0 Å². The first kappa shape index (κ1) is 18.3. The number of carboxylic acids is 1. The molecule has 2 aromatic rings. The number of halogens is 1. The van der Waals surface area contributed by atoms with E-state index in [1.807, 2.05) is 6.92 Å². The lowest BCUT2D eigenvalue weighted by atomic mass is 10.2. The third-order valence-electron chi connectivity index (χ3n) is 3.23. The maximum Gasteiger partial charge on any atom is 0.313 e. The lowest BCUT2D eigenvalue weighted by Crippen LogP contribution is -2.28. The van der Waals surface area contributed by atoms with Crippen LogP contribution in [0.5, 0.6) is 0 Å². The largest absolute Gasteiger partial charge is 0.481 e. The molecule has 0 aliphatic heterocycles. The molecule has 7 nitrogen and oxygen atoms in total. The van der Waals surface area contributed by atoms with Crippen LogP contribution in [0.15, 0.2) is 29.4 Å². The molecular weight excluding hydrogens is 352 g/mol. The van der Waals surface area contributed by atoms with Crippen LogP contribution in [0.25, 0.3) is 0 Å². The predicted octanol–water partition coefficient (Wildman–Crippen LogP) is 2.62. The van der Waals surface area contributed by atoms with Crippen molar-refractivity contribution in [2.24, 2.45) is 0 Å². The highest BCUT2D eigenvalue weighted by Crippen LogP contribution is 2.20. The molecule has 2 N–H and O–H groups in total. The van der Waals surface area contributed by atoms with Gasteiger partial charge >= 0.3 is 5.97 Å². The number of rotatable bonds is 7. The highest BCUT2D eigenvalue weighted by Gasteiger charge is 2.20. The van der Waals surface area contributed by atoms with Gasteiger partial charge in [0.2, 0.25) is 0 Å². The van der Waals surface area contributed by atoms with Crippen LogP contribution >= 0.6 is 23.4 Å². The lowest BCUT2D eigenvalue weighted by molar-refractivity contribution is -0.133. The first-order chi connectivity index (χ1) is 11.4. The fourth-order valence-electron chi connectivity index (χ4n) is 2.10. The summed E-state index contributed by atoms with van der Waals surface area (Å²) in [5.41, 5.74) is 0.495. The van der Waals surface area contributed by atoms with Gasteiger partial charge in [-0.2, -0.15) is 0 Å². The second-order valence-corrected chi connectivity index (χ2v) is 6.35. The van der Waals surface area contributed by atoms with Crippen LogP contribution in [0.2, 0.25) is 5.02 Å². The summed E-state index contributed by atoms with van der Waals surface area (Å²) in [6, 6.07) is 6.21. The van der Waals surface area contributed by atoms with Crippen molar-refractivity contribution in [3.8, 4) is 0 Å². The van der Waals surface area contributed by atoms with Crippen molar-refractivity contribution in [2.75, 3.05) is 5.75 Å². The normalized spacial score (nSPS) is 12.0.